The molecule has 211 valence electrons. The van der Waals surface area contributed by atoms with Crippen molar-refractivity contribution in [2.24, 2.45) is 10.1 Å². The molecule has 1 aliphatic carbocycles. The predicted molar refractivity (Wildman–Crippen MR) is 155 cm³/mol. The standard InChI is InChI=1S/C32H39N4O4/c1-24-13-15-27(16-14-24)40-28-10-7-18-35(22-28)32(38)23-36-21-26(20-33-36)34-31(37)17-19-39-30-12-6-5-11-29(30)25-8-3-2-4-9-25/h2-4,8-9,13-16,20-21,28-30H,5-7,10-12,17-19,22-23H2,1H3/t28?,29-,30+/m1/s1. The number of hydrogen-bond acceptors (Lipinski definition) is 6. The Bertz CT molecular complexity index is 1200. The molecule has 40 heavy (non-hydrogen) atoms. The van der Waals surface area contributed by atoms with Crippen molar-refractivity contribution < 1.29 is 19.1 Å². The highest BCUT2D eigenvalue weighted by molar-refractivity contribution is 6.37. The molecule has 2 amide bonds. The Labute approximate surface area is 237 Å². The van der Waals surface area contributed by atoms with Crippen molar-refractivity contribution in [3.63, 3.8) is 0 Å². The summed E-state index contributed by atoms with van der Waals surface area (Å²) in [6.45, 7) is 5.40. The van der Waals surface area contributed by atoms with Crippen molar-refractivity contribution in [3.05, 3.63) is 72.3 Å². The summed E-state index contributed by atoms with van der Waals surface area (Å²) in [5, 5.41) is 5.80. The number of benzene rings is 2. The van der Waals surface area contributed by atoms with E-state index in [-0.39, 0.29) is 37.0 Å². The second-order valence-electron chi connectivity index (χ2n) is 10.9. The van der Waals surface area contributed by atoms with Crippen LogP contribution >= 0.6 is 0 Å². The third-order valence-electron chi connectivity index (χ3n) is 7.80. The Morgan fingerprint density at radius 3 is 2.62 bits per heavy atom. The first-order valence-corrected chi connectivity index (χ1v) is 14.5. The van der Waals surface area contributed by atoms with E-state index in [1.165, 1.54) is 23.8 Å². The van der Waals surface area contributed by atoms with Gasteiger partial charge < -0.3 is 14.4 Å². The van der Waals surface area contributed by atoms with Gasteiger partial charge in [-0.15, -0.1) is 0 Å². The van der Waals surface area contributed by atoms with E-state index >= 15 is 0 Å². The Balaban J connectivity index is 1.04. The molecule has 3 aliphatic rings. The first kappa shape index (κ1) is 28.0. The first-order chi connectivity index (χ1) is 19.5. The molecule has 0 spiro atoms. The van der Waals surface area contributed by atoms with Crippen molar-refractivity contribution in [3.8, 4) is 5.75 Å². The fraction of sp³-hybridized carbons (Fsp3) is 0.469. The van der Waals surface area contributed by atoms with Crippen LogP contribution in [0.5, 0.6) is 5.75 Å². The van der Waals surface area contributed by atoms with Gasteiger partial charge in [-0.3, -0.25) is 14.6 Å². The van der Waals surface area contributed by atoms with Gasteiger partial charge in [-0.05, 0) is 50.3 Å². The summed E-state index contributed by atoms with van der Waals surface area (Å²) in [5.41, 5.74) is 2.95. The molecule has 2 heterocycles. The molecule has 2 fully saturated rings. The molecule has 8 nitrogen and oxygen atoms in total. The average Bonchev–Trinajstić information content (AvgIpc) is 3.41. The summed E-state index contributed by atoms with van der Waals surface area (Å²) in [4.78, 5) is 31.5. The average molecular weight is 544 g/mol. The Morgan fingerprint density at radius 2 is 1.80 bits per heavy atom. The smallest absolute Gasteiger partial charge is 0.248 e. The van der Waals surface area contributed by atoms with Gasteiger partial charge in [0.25, 0.3) is 0 Å². The molecule has 0 N–H and O–H groups in total. The highest BCUT2D eigenvalue weighted by Gasteiger charge is 2.28. The van der Waals surface area contributed by atoms with E-state index in [0.29, 0.717) is 31.3 Å². The SMILES string of the molecule is Cc1ccc(OC2CCCN(C(=O)CN3[CH]C(=NC(=O)CCO[C@H]4CCCC[C@@H]4c4ccccc4)C=N3)C2)cc1. The van der Waals surface area contributed by atoms with E-state index in [1.807, 2.05) is 42.2 Å². The fourth-order valence-corrected chi connectivity index (χ4v) is 5.68. The van der Waals surface area contributed by atoms with Gasteiger partial charge in [0, 0.05) is 12.5 Å². The summed E-state index contributed by atoms with van der Waals surface area (Å²) in [6.07, 6.45) is 8.16. The molecule has 5 rings (SSSR count). The van der Waals surface area contributed by atoms with Crippen LogP contribution in [-0.4, -0.2) is 72.1 Å². The predicted octanol–water partition coefficient (Wildman–Crippen LogP) is 4.93. The monoisotopic (exact) mass is 543 g/mol. The molecule has 2 aromatic carbocycles. The van der Waals surface area contributed by atoms with Crippen LogP contribution < -0.4 is 4.74 Å². The lowest BCUT2D eigenvalue weighted by Gasteiger charge is -2.33. The first-order valence-electron chi connectivity index (χ1n) is 14.5. The number of amides is 2. The molecular weight excluding hydrogens is 504 g/mol. The Kier molecular flexibility index (Phi) is 9.60. The number of likely N-dealkylation sites (tertiary alicyclic amines) is 1. The zero-order valence-electron chi connectivity index (χ0n) is 23.3. The second-order valence-corrected chi connectivity index (χ2v) is 10.9. The van der Waals surface area contributed by atoms with Crippen molar-refractivity contribution in [1.82, 2.24) is 9.91 Å². The summed E-state index contributed by atoms with van der Waals surface area (Å²) >= 11 is 0. The Hall–Kier alpha value is -3.52. The van der Waals surface area contributed by atoms with Gasteiger partial charge in [-0.25, -0.2) is 4.99 Å². The largest absolute Gasteiger partial charge is 0.489 e. The van der Waals surface area contributed by atoms with Gasteiger partial charge in [0.05, 0.1) is 37.6 Å². The third kappa shape index (κ3) is 7.78. The van der Waals surface area contributed by atoms with E-state index in [4.69, 9.17) is 9.47 Å². The normalized spacial score (nSPS) is 23.9. The lowest BCUT2D eigenvalue weighted by molar-refractivity contribution is -0.134. The molecule has 2 aromatic rings. The highest BCUT2D eigenvalue weighted by atomic mass is 16.5. The number of rotatable bonds is 9. The number of hydrogen-bond donors (Lipinski definition) is 0. The van der Waals surface area contributed by atoms with Crippen molar-refractivity contribution in [1.29, 1.82) is 0 Å². The molecule has 1 saturated carbocycles. The van der Waals surface area contributed by atoms with Gasteiger partial charge in [0.15, 0.2) is 0 Å². The lowest BCUT2D eigenvalue weighted by atomic mass is 9.81. The van der Waals surface area contributed by atoms with Crippen LogP contribution in [0.3, 0.4) is 0 Å². The number of carbonyl (C=O) groups excluding carboxylic acids is 2. The molecule has 1 radical (unpaired) electrons. The third-order valence-corrected chi connectivity index (χ3v) is 7.80. The van der Waals surface area contributed by atoms with Crippen LogP contribution in [-0.2, 0) is 14.3 Å². The zero-order valence-corrected chi connectivity index (χ0v) is 23.3. The maximum absolute atomic E-state index is 13.0. The molecule has 0 bridgehead atoms. The fourth-order valence-electron chi connectivity index (χ4n) is 5.68. The molecule has 3 atom stereocenters. The molecular formula is C32H39N4O4. The van der Waals surface area contributed by atoms with E-state index < -0.39 is 0 Å². The molecule has 1 unspecified atom stereocenters. The minimum Gasteiger partial charge on any atom is -0.489 e. The minimum atomic E-state index is -0.245. The van der Waals surface area contributed by atoms with Crippen LogP contribution in [0.25, 0.3) is 0 Å². The highest BCUT2D eigenvalue weighted by Crippen LogP contribution is 2.35. The number of hydrazone groups is 1. The minimum absolute atomic E-state index is 0.0213. The number of aryl methyl sites for hydroxylation is 1. The van der Waals surface area contributed by atoms with Gasteiger partial charge >= 0.3 is 0 Å². The van der Waals surface area contributed by atoms with Crippen LogP contribution in [0, 0.1) is 13.5 Å². The summed E-state index contributed by atoms with van der Waals surface area (Å²) < 4.78 is 12.3. The summed E-state index contributed by atoms with van der Waals surface area (Å²) in [6, 6.07) is 18.5. The van der Waals surface area contributed by atoms with Crippen LogP contribution in [0.15, 0.2) is 64.7 Å². The van der Waals surface area contributed by atoms with Crippen molar-refractivity contribution >= 4 is 23.7 Å². The van der Waals surface area contributed by atoms with Crippen LogP contribution in [0.2, 0.25) is 0 Å². The number of piperidine rings is 1. The van der Waals surface area contributed by atoms with Gasteiger partial charge in [0.2, 0.25) is 11.8 Å². The number of carbonyl (C=O) groups is 2. The van der Waals surface area contributed by atoms with Crippen molar-refractivity contribution in [2.75, 3.05) is 26.2 Å². The van der Waals surface area contributed by atoms with E-state index in [1.54, 1.807) is 11.6 Å². The number of nitrogens with zero attached hydrogens (tertiary/aromatic N) is 4. The summed E-state index contributed by atoms with van der Waals surface area (Å²) in [5.74, 6) is 0.937. The molecule has 0 aromatic heterocycles. The van der Waals surface area contributed by atoms with E-state index in [2.05, 4.69) is 34.4 Å². The summed E-state index contributed by atoms with van der Waals surface area (Å²) in [7, 11) is 0. The number of ether oxygens (including phenoxy) is 2. The Morgan fingerprint density at radius 1 is 1.00 bits per heavy atom. The van der Waals surface area contributed by atoms with Gasteiger partial charge in [-0.2, -0.15) is 5.10 Å². The molecule has 1 saturated heterocycles. The van der Waals surface area contributed by atoms with Crippen LogP contribution in [0.4, 0.5) is 0 Å². The van der Waals surface area contributed by atoms with Crippen molar-refractivity contribution in [2.45, 2.75) is 70.0 Å². The van der Waals surface area contributed by atoms with Crippen LogP contribution in [0.1, 0.15) is 62.0 Å². The second kappa shape index (κ2) is 13.7. The molecule has 8 heteroatoms. The lowest BCUT2D eigenvalue weighted by Crippen LogP contribution is -2.47. The quantitative estimate of drug-likeness (QED) is 0.448. The van der Waals surface area contributed by atoms with Gasteiger partial charge in [0.1, 0.15) is 24.9 Å². The maximum atomic E-state index is 13.0. The van der Waals surface area contributed by atoms with E-state index in [0.717, 1.165) is 37.9 Å². The maximum Gasteiger partial charge on any atom is 0.248 e. The number of aliphatic imine (C=N–C) groups is 1. The molecule has 2 aliphatic heterocycles. The van der Waals surface area contributed by atoms with Gasteiger partial charge in [-0.1, -0.05) is 60.9 Å². The van der Waals surface area contributed by atoms with E-state index in [9.17, 15) is 9.59 Å². The topological polar surface area (TPSA) is 83.8 Å². The zero-order chi connectivity index (χ0) is 27.7.